The molecule has 0 saturated carbocycles. The molecule has 2 rings (SSSR count). The van der Waals surface area contributed by atoms with Crippen molar-refractivity contribution in [1.29, 1.82) is 0 Å². The predicted molar refractivity (Wildman–Crippen MR) is 120 cm³/mol. The quantitative estimate of drug-likeness (QED) is 0.527. The van der Waals surface area contributed by atoms with Gasteiger partial charge >= 0.3 is 0 Å². The fourth-order valence-electron chi connectivity index (χ4n) is 3.16. The highest BCUT2D eigenvalue weighted by atomic mass is 32.2. The van der Waals surface area contributed by atoms with Gasteiger partial charge in [-0.3, -0.25) is 9.89 Å². The minimum atomic E-state index is 0.191. The monoisotopic (exact) mass is 391 g/mol. The maximum atomic E-state index is 4.37. The molecule has 0 amide bonds. The zero-order valence-corrected chi connectivity index (χ0v) is 18.5. The predicted octanol–water partition coefficient (Wildman–Crippen LogP) is 2.63. The zero-order valence-electron chi connectivity index (χ0n) is 17.7. The van der Waals surface area contributed by atoms with Crippen molar-refractivity contribution < 1.29 is 0 Å². The van der Waals surface area contributed by atoms with Crippen LogP contribution in [0.1, 0.15) is 31.9 Å². The first-order chi connectivity index (χ1) is 13.0. The summed E-state index contributed by atoms with van der Waals surface area (Å²) in [6.07, 6.45) is 2.15. The highest BCUT2D eigenvalue weighted by Gasteiger charge is 2.18. The van der Waals surface area contributed by atoms with Crippen molar-refractivity contribution in [2.75, 3.05) is 52.6 Å². The van der Waals surface area contributed by atoms with Crippen LogP contribution in [0.5, 0.6) is 0 Å². The fraction of sp³-hybridized carbons (Fsp3) is 0.667. The molecule has 0 aromatic heterocycles. The van der Waals surface area contributed by atoms with Crippen molar-refractivity contribution in [2.45, 2.75) is 38.6 Å². The lowest BCUT2D eigenvalue weighted by atomic mass is 10.1. The third-order valence-electron chi connectivity index (χ3n) is 5.33. The van der Waals surface area contributed by atoms with E-state index in [0.29, 0.717) is 0 Å². The van der Waals surface area contributed by atoms with E-state index in [1.165, 1.54) is 24.2 Å². The van der Waals surface area contributed by atoms with E-state index in [1.807, 2.05) is 18.8 Å². The summed E-state index contributed by atoms with van der Waals surface area (Å²) in [6.45, 7) is 15.3. The molecule has 0 radical (unpaired) electrons. The van der Waals surface area contributed by atoms with Crippen LogP contribution in [0.4, 0.5) is 0 Å². The number of benzene rings is 1. The molecule has 1 fully saturated rings. The first kappa shape index (κ1) is 22.1. The molecule has 0 bridgehead atoms. The highest BCUT2D eigenvalue weighted by molar-refractivity contribution is 7.99. The number of piperazine rings is 1. The van der Waals surface area contributed by atoms with E-state index in [4.69, 9.17) is 0 Å². The summed E-state index contributed by atoms with van der Waals surface area (Å²) >= 11 is 1.86. The van der Waals surface area contributed by atoms with Gasteiger partial charge in [0.2, 0.25) is 0 Å². The van der Waals surface area contributed by atoms with E-state index >= 15 is 0 Å². The van der Waals surface area contributed by atoms with Gasteiger partial charge in [0.15, 0.2) is 5.96 Å². The number of hydrogen-bond acceptors (Lipinski definition) is 4. The Morgan fingerprint density at radius 1 is 1.07 bits per heavy atom. The van der Waals surface area contributed by atoms with Gasteiger partial charge in [-0.2, -0.15) is 11.8 Å². The largest absolute Gasteiger partial charge is 0.355 e. The topological polar surface area (TPSA) is 42.9 Å². The Morgan fingerprint density at radius 2 is 1.70 bits per heavy atom. The average molecular weight is 392 g/mol. The molecule has 0 aliphatic carbocycles. The lowest BCUT2D eigenvalue weighted by Crippen LogP contribution is -2.45. The second kappa shape index (κ2) is 10.9. The first-order valence-corrected chi connectivity index (χ1v) is 11.2. The minimum Gasteiger partial charge on any atom is -0.355 e. The number of rotatable bonds is 8. The molecular weight excluding hydrogens is 354 g/mol. The molecule has 1 saturated heterocycles. The number of hydrogen-bond donors (Lipinski definition) is 2. The SMILES string of the molecule is CCN1CCN(Cc2ccccc2CNC(=NC)NCC(C)(C)SC)CC1. The van der Waals surface area contributed by atoms with Gasteiger partial charge in [0.05, 0.1) is 0 Å². The van der Waals surface area contributed by atoms with Crippen molar-refractivity contribution in [3.05, 3.63) is 35.4 Å². The number of aliphatic imine (C=N–C) groups is 1. The van der Waals surface area contributed by atoms with E-state index in [-0.39, 0.29) is 4.75 Å². The van der Waals surface area contributed by atoms with Crippen LogP contribution in [-0.4, -0.2) is 73.1 Å². The first-order valence-electron chi connectivity index (χ1n) is 9.98. The molecule has 152 valence electrons. The van der Waals surface area contributed by atoms with Gasteiger partial charge in [-0.25, -0.2) is 0 Å². The molecule has 1 heterocycles. The molecule has 1 aliphatic heterocycles. The number of thioether (sulfide) groups is 1. The van der Waals surface area contributed by atoms with Crippen LogP contribution in [0.3, 0.4) is 0 Å². The molecule has 1 aliphatic rings. The van der Waals surface area contributed by atoms with Crippen molar-refractivity contribution in [3.8, 4) is 0 Å². The number of guanidine groups is 1. The highest BCUT2D eigenvalue weighted by Crippen LogP contribution is 2.19. The van der Waals surface area contributed by atoms with Gasteiger partial charge in [0.1, 0.15) is 0 Å². The Balaban J connectivity index is 1.89. The number of nitrogens with zero attached hydrogens (tertiary/aromatic N) is 3. The molecule has 0 atom stereocenters. The van der Waals surface area contributed by atoms with E-state index in [1.54, 1.807) is 0 Å². The summed E-state index contributed by atoms with van der Waals surface area (Å²) in [5, 5.41) is 6.92. The fourth-order valence-corrected chi connectivity index (χ4v) is 3.37. The molecule has 1 aromatic carbocycles. The molecule has 0 spiro atoms. The van der Waals surface area contributed by atoms with Crippen molar-refractivity contribution in [3.63, 3.8) is 0 Å². The maximum Gasteiger partial charge on any atom is 0.191 e. The van der Waals surface area contributed by atoms with Crippen LogP contribution in [0.25, 0.3) is 0 Å². The number of nitrogens with one attached hydrogen (secondary N) is 2. The van der Waals surface area contributed by atoms with Gasteiger partial charge in [0, 0.05) is 57.6 Å². The molecule has 0 unspecified atom stereocenters. The Hall–Kier alpha value is -1.24. The maximum absolute atomic E-state index is 4.37. The third kappa shape index (κ3) is 7.35. The summed E-state index contributed by atoms with van der Waals surface area (Å²) in [5.41, 5.74) is 2.76. The summed E-state index contributed by atoms with van der Waals surface area (Å²) < 4.78 is 0.191. The molecule has 2 N–H and O–H groups in total. The van der Waals surface area contributed by atoms with Crippen LogP contribution in [0.2, 0.25) is 0 Å². The normalized spacial score (nSPS) is 17.1. The second-order valence-electron chi connectivity index (χ2n) is 7.72. The third-order valence-corrected chi connectivity index (χ3v) is 6.58. The lowest BCUT2D eigenvalue weighted by molar-refractivity contribution is 0.131. The second-order valence-corrected chi connectivity index (χ2v) is 9.24. The van der Waals surface area contributed by atoms with E-state index in [0.717, 1.165) is 45.2 Å². The van der Waals surface area contributed by atoms with Crippen LogP contribution in [0.15, 0.2) is 29.3 Å². The van der Waals surface area contributed by atoms with E-state index < -0.39 is 0 Å². The van der Waals surface area contributed by atoms with E-state index in [2.05, 4.69) is 76.7 Å². The van der Waals surface area contributed by atoms with Crippen LogP contribution >= 0.6 is 11.8 Å². The molecule has 6 heteroatoms. The lowest BCUT2D eigenvalue weighted by Gasteiger charge is -2.34. The average Bonchev–Trinajstić information content (AvgIpc) is 2.69. The van der Waals surface area contributed by atoms with Crippen LogP contribution in [0, 0.1) is 0 Å². The standard InChI is InChI=1S/C21H37N5S/c1-6-25-11-13-26(14-12-25)16-19-10-8-7-9-18(19)15-23-20(22-4)24-17-21(2,3)27-5/h7-10H,6,11-17H2,1-5H3,(H2,22,23,24). The summed E-state index contributed by atoms with van der Waals surface area (Å²) in [5.74, 6) is 0.864. The summed E-state index contributed by atoms with van der Waals surface area (Å²) in [6, 6.07) is 8.76. The van der Waals surface area contributed by atoms with Gasteiger partial charge < -0.3 is 15.5 Å². The van der Waals surface area contributed by atoms with Gasteiger partial charge in [-0.15, -0.1) is 0 Å². The number of likely N-dealkylation sites (N-methyl/N-ethyl adjacent to an activating group) is 1. The van der Waals surface area contributed by atoms with Crippen LogP contribution in [-0.2, 0) is 13.1 Å². The smallest absolute Gasteiger partial charge is 0.191 e. The minimum absolute atomic E-state index is 0.191. The molecule has 27 heavy (non-hydrogen) atoms. The Bertz CT molecular complexity index is 594. The van der Waals surface area contributed by atoms with Crippen molar-refractivity contribution >= 4 is 17.7 Å². The molecule has 5 nitrogen and oxygen atoms in total. The Labute approximate surface area is 170 Å². The van der Waals surface area contributed by atoms with Crippen LogP contribution < -0.4 is 10.6 Å². The summed E-state index contributed by atoms with van der Waals surface area (Å²) in [4.78, 5) is 9.46. The van der Waals surface area contributed by atoms with Gasteiger partial charge in [-0.05, 0) is 37.8 Å². The zero-order chi connectivity index (χ0) is 19.7. The summed E-state index contributed by atoms with van der Waals surface area (Å²) in [7, 11) is 1.83. The van der Waals surface area contributed by atoms with Gasteiger partial charge in [-0.1, -0.05) is 31.2 Å². The van der Waals surface area contributed by atoms with Crippen molar-refractivity contribution in [2.24, 2.45) is 4.99 Å². The van der Waals surface area contributed by atoms with E-state index in [9.17, 15) is 0 Å². The Morgan fingerprint density at radius 3 is 2.30 bits per heavy atom. The van der Waals surface area contributed by atoms with Gasteiger partial charge in [0.25, 0.3) is 0 Å². The Kier molecular flexibility index (Phi) is 8.93. The van der Waals surface area contributed by atoms with Crippen molar-refractivity contribution in [1.82, 2.24) is 20.4 Å². The molecular formula is C21H37N5S. The molecule has 1 aromatic rings.